The summed E-state index contributed by atoms with van der Waals surface area (Å²) in [6, 6.07) is 0.279. The van der Waals surface area contributed by atoms with Gasteiger partial charge in [0, 0.05) is 31.5 Å². The van der Waals surface area contributed by atoms with Gasteiger partial charge in [-0.15, -0.1) is 12.4 Å². The third-order valence-electron chi connectivity index (χ3n) is 6.65. The first-order chi connectivity index (χ1) is 12.2. The van der Waals surface area contributed by atoms with Crippen LogP contribution >= 0.6 is 12.4 Å². The molecule has 2 amide bonds. The molecule has 0 aromatic carbocycles. The quantitative estimate of drug-likeness (QED) is 0.764. The summed E-state index contributed by atoms with van der Waals surface area (Å²) in [5, 5.41) is 3.22. The molecule has 26 heavy (non-hydrogen) atoms. The standard InChI is InChI=1S/C20H35N3O2.ClH/c21-14-16-9-11-23(12-10-16)20(25)17-5-7-18(8-6-17)22-19(24)13-15-3-1-2-4-15;/h15-18H,1-14,21H2,(H,22,24);1H. The van der Waals surface area contributed by atoms with Crippen molar-refractivity contribution in [3.05, 3.63) is 0 Å². The van der Waals surface area contributed by atoms with E-state index in [0.29, 0.717) is 24.2 Å². The van der Waals surface area contributed by atoms with Gasteiger partial charge in [0.15, 0.2) is 0 Å². The molecule has 150 valence electrons. The van der Waals surface area contributed by atoms with E-state index in [1.807, 2.05) is 0 Å². The number of carbonyl (C=O) groups is 2. The predicted molar refractivity (Wildman–Crippen MR) is 106 cm³/mol. The summed E-state index contributed by atoms with van der Waals surface area (Å²) in [6.07, 6.45) is 11.6. The molecule has 3 N–H and O–H groups in total. The summed E-state index contributed by atoms with van der Waals surface area (Å²) in [7, 11) is 0. The lowest BCUT2D eigenvalue weighted by Gasteiger charge is -2.36. The van der Waals surface area contributed by atoms with E-state index in [-0.39, 0.29) is 30.3 Å². The molecule has 0 aromatic heterocycles. The van der Waals surface area contributed by atoms with Gasteiger partial charge in [-0.1, -0.05) is 12.8 Å². The molecule has 3 aliphatic rings. The number of nitrogens with zero attached hydrogens (tertiary/aromatic N) is 1. The average Bonchev–Trinajstić information content (AvgIpc) is 3.14. The van der Waals surface area contributed by atoms with E-state index in [0.717, 1.165) is 58.2 Å². The molecule has 0 spiro atoms. The average molecular weight is 386 g/mol. The molecule has 2 saturated carbocycles. The minimum absolute atomic E-state index is 0. The number of hydrogen-bond donors (Lipinski definition) is 2. The van der Waals surface area contributed by atoms with Crippen LogP contribution in [0.25, 0.3) is 0 Å². The fraction of sp³-hybridized carbons (Fsp3) is 0.900. The van der Waals surface area contributed by atoms with Gasteiger partial charge < -0.3 is 16.0 Å². The maximum atomic E-state index is 12.7. The molecular formula is C20H36ClN3O2. The van der Waals surface area contributed by atoms with Gasteiger partial charge in [-0.2, -0.15) is 0 Å². The van der Waals surface area contributed by atoms with Crippen LogP contribution < -0.4 is 11.1 Å². The molecule has 0 unspecified atom stereocenters. The van der Waals surface area contributed by atoms with E-state index in [1.54, 1.807) is 0 Å². The van der Waals surface area contributed by atoms with Crippen molar-refractivity contribution in [2.24, 2.45) is 23.5 Å². The lowest BCUT2D eigenvalue weighted by atomic mass is 9.84. The molecule has 3 rings (SSSR count). The Morgan fingerprint density at radius 1 is 0.885 bits per heavy atom. The molecule has 5 nitrogen and oxygen atoms in total. The van der Waals surface area contributed by atoms with Gasteiger partial charge in [-0.05, 0) is 69.7 Å². The number of piperidine rings is 1. The zero-order valence-corrected chi connectivity index (χ0v) is 16.8. The summed E-state index contributed by atoms with van der Waals surface area (Å²) < 4.78 is 0. The van der Waals surface area contributed by atoms with Gasteiger partial charge in [0.2, 0.25) is 11.8 Å². The number of carbonyl (C=O) groups excluding carboxylic acids is 2. The summed E-state index contributed by atoms with van der Waals surface area (Å²) >= 11 is 0. The fourth-order valence-electron chi connectivity index (χ4n) is 4.90. The fourth-order valence-corrected chi connectivity index (χ4v) is 4.90. The first-order valence-electron chi connectivity index (χ1n) is 10.4. The van der Waals surface area contributed by atoms with Crippen molar-refractivity contribution in [1.82, 2.24) is 10.2 Å². The maximum Gasteiger partial charge on any atom is 0.225 e. The Balaban J connectivity index is 0.00000243. The molecule has 1 aliphatic heterocycles. The summed E-state index contributed by atoms with van der Waals surface area (Å²) in [6.45, 7) is 2.49. The van der Waals surface area contributed by atoms with Gasteiger partial charge in [0.05, 0.1) is 0 Å². The number of rotatable bonds is 5. The van der Waals surface area contributed by atoms with Crippen LogP contribution in [0.15, 0.2) is 0 Å². The van der Waals surface area contributed by atoms with Crippen molar-refractivity contribution >= 4 is 24.2 Å². The number of nitrogens with two attached hydrogens (primary N) is 1. The Morgan fingerprint density at radius 3 is 2.08 bits per heavy atom. The number of likely N-dealkylation sites (tertiary alicyclic amines) is 1. The third-order valence-corrected chi connectivity index (χ3v) is 6.65. The highest BCUT2D eigenvalue weighted by Gasteiger charge is 2.32. The molecule has 0 radical (unpaired) electrons. The summed E-state index contributed by atoms with van der Waals surface area (Å²) in [5.41, 5.74) is 5.74. The second kappa shape index (κ2) is 10.5. The molecule has 0 atom stereocenters. The van der Waals surface area contributed by atoms with Gasteiger partial charge in [0.1, 0.15) is 0 Å². The second-order valence-electron chi connectivity index (χ2n) is 8.48. The van der Waals surface area contributed by atoms with E-state index < -0.39 is 0 Å². The number of amides is 2. The summed E-state index contributed by atoms with van der Waals surface area (Å²) in [4.78, 5) is 27.0. The lowest BCUT2D eigenvalue weighted by molar-refractivity contribution is -0.138. The van der Waals surface area contributed by atoms with E-state index >= 15 is 0 Å². The predicted octanol–water partition coefficient (Wildman–Crippen LogP) is 2.86. The van der Waals surface area contributed by atoms with Crippen LogP contribution in [-0.4, -0.2) is 42.4 Å². The number of halogens is 1. The summed E-state index contributed by atoms with van der Waals surface area (Å²) in [5.74, 6) is 1.93. The van der Waals surface area contributed by atoms with Crippen molar-refractivity contribution in [3.63, 3.8) is 0 Å². The molecular weight excluding hydrogens is 350 g/mol. The molecule has 1 saturated heterocycles. The van der Waals surface area contributed by atoms with E-state index in [9.17, 15) is 9.59 Å². The Hall–Kier alpha value is -0.810. The Bertz CT molecular complexity index is 452. The first kappa shape index (κ1) is 21.5. The lowest BCUT2D eigenvalue weighted by Crippen LogP contribution is -2.45. The van der Waals surface area contributed by atoms with Crippen molar-refractivity contribution in [2.75, 3.05) is 19.6 Å². The molecule has 3 fully saturated rings. The molecule has 0 bridgehead atoms. The largest absolute Gasteiger partial charge is 0.353 e. The zero-order chi connectivity index (χ0) is 17.6. The van der Waals surface area contributed by atoms with Crippen LogP contribution in [0.5, 0.6) is 0 Å². The van der Waals surface area contributed by atoms with Gasteiger partial charge in [-0.25, -0.2) is 0 Å². The van der Waals surface area contributed by atoms with Gasteiger partial charge in [0.25, 0.3) is 0 Å². The first-order valence-corrected chi connectivity index (χ1v) is 10.4. The van der Waals surface area contributed by atoms with E-state index in [1.165, 1.54) is 25.7 Å². The normalized spacial score (nSPS) is 27.8. The van der Waals surface area contributed by atoms with Crippen LogP contribution in [0, 0.1) is 17.8 Å². The van der Waals surface area contributed by atoms with Crippen molar-refractivity contribution in [3.8, 4) is 0 Å². The smallest absolute Gasteiger partial charge is 0.225 e. The monoisotopic (exact) mass is 385 g/mol. The molecule has 2 aliphatic carbocycles. The van der Waals surface area contributed by atoms with Crippen molar-refractivity contribution < 1.29 is 9.59 Å². The highest BCUT2D eigenvalue weighted by Crippen LogP contribution is 2.29. The Labute approximate surface area is 164 Å². The zero-order valence-electron chi connectivity index (χ0n) is 16.0. The minimum Gasteiger partial charge on any atom is -0.353 e. The molecule has 0 aromatic rings. The van der Waals surface area contributed by atoms with Gasteiger partial charge in [-0.3, -0.25) is 9.59 Å². The van der Waals surface area contributed by atoms with Crippen molar-refractivity contribution in [1.29, 1.82) is 0 Å². The SMILES string of the molecule is Cl.NCC1CCN(C(=O)C2CCC(NC(=O)CC3CCCC3)CC2)CC1. The maximum absolute atomic E-state index is 12.7. The van der Waals surface area contributed by atoms with Crippen molar-refractivity contribution in [2.45, 2.75) is 76.7 Å². The van der Waals surface area contributed by atoms with Crippen LogP contribution in [0.4, 0.5) is 0 Å². The topological polar surface area (TPSA) is 75.4 Å². The number of nitrogens with one attached hydrogen (secondary N) is 1. The highest BCUT2D eigenvalue weighted by molar-refractivity contribution is 5.85. The van der Waals surface area contributed by atoms with Crippen LogP contribution in [0.3, 0.4) is 0 Å². The molecule has 1 heterocycles. The van der Waals surface area contributed by atoms with Crippen LogP contribution in [-0.2, 0) is 9.59 Å². The second-order valence-corrected chi connectivity index (χ2v) is 8.48. The van der Waals surface area contributed by atoms with E-state index in [2.05, 4.69) is 10.2 Å². The van der Waals surface area contributed by atoms with Gasteiger partial charge >= 0.3 is 0 Å². The minimum atomic E-state index is 0. The number of hydrogen-bond acceptors (Lipinski definition) is 3. The van der Waals surface area contributed by atoms with Crippen LogP contribution in [0.2, 0.25) is 0 Å². The molecule has 6 heteroatoms. The van der Waals surface area contributed by atoms with Crippen LogP contribution in [0.1, 0.15) is 70.6 Å². The highest BCUT2D eigenvalue weighted by atomic mass is 35.5. The van der Waals surface area contributed by atoms with E-state index in [4.69, 9.17) is 5.73 Å². The third kappa shape index (κ3) is 5.85. The Kier molecular flexibility index (Phi) is 8.68. The Morgan fingerprint density at radius 2 is 1.50 bits per heavy atom.